The van der Waals surface area contributed by atoms with Crippen molar-refractivity contribution < 1.29 is 9.84 Å². The predicted octanol–water partition coefficient (Wildman–Crippen LogP) is 3.55. The number of β-amino-alcohol motifs (C(OH)–C–C–N with tert-alkyl or cyclic N) is 1. The molecule has 1 aliphatic heterocycles. The van der Waals surface area contributed by atoms with Crippen LogP contribution in [-0.2, 0) is 0 Å². The van der Waals surface area contributed by atoms with Crippen molar-refractivity contribution in [3.8, 4) is 5.75 Å². The molecule has 122 valence electrons. The summed E-state index contributed by atoms with van der Waals surface area (Å²) in [5, 5.41) is 10.4. The summed E-state index contributed by atoms with van der Waals surface area (Å²) >= 11 is 0. The number of nitrogens with zero attached hydrogens (tertiary/aromatic N) is 1. The molecule has 1 heterocycles. The monoisotopic (exact) mass is 303 g/mol. The topological polar surface area (TPSA) is 32.7 Å². The van der Waals surface area contributed by atoms with Crippen LogP contribution in [-0.4, -0.2) is 40.3 Å². The lowest BCUT2D eigenvalue weighted by atomic mass is 9.84. The second-order valence-corrected chi connectivity index (χ2v) is 7.46. The van der Waals surface area contributed by atoms with E-state index in [4.69, 9.17) is 4.74 Å². The zero-order chi connectivity index (χ0) is 16.4. The Labute approximate surface area is 134 Å². The van der Waals surface area contributed by atoms with Crippen molar-refractivity contribution in [2.75, 3.05) is 13.2 Å². The summed E-state index contributed by atoms with van der Waals surface area (Å²) < 4.78 is 5.73. The first-order valence-corrected chi connectivity index (χ1v) is 8.04. The van der Waals surface area contributed by atoms with Gasteiger partial charge >= 0.3 is 0 Å². The van der Waals surface area contributed by atoms with Crippen LogP contribution in [0.5, 0.6) is 5.75 Å². The highest BCUT2D eigenvalue weighted by molar-refractivity contribution is 5.27. The van der Waals surface area contributed by atoms with Crippen molar-refractivity contribution in [3.63, 3.8) is 0 Å². The number of aliphatic hydroxyl groups is 1. The van der Waals surface area contributed by atoms with Crippen LogP contribution in [0.1, 0.15) is 39.7 Å². The Kier molecular flexibility index (Phi) is 4.98. The number of hydrogen-bond donors (Lipinski definition) is 1. The number of ether oxygens (including phenoxy) is 1. The highest BCUT2D eigenvalue weighted by atomic mass is 16.5. The highest BCUT2D eigenvalue weighted by Crippen LogP contribution is 2.33. The molecular formula is C19H29NO2. The lowest BCUT2D eigenvalue weighted by molar-refractivity contribution is -0.0190. The van der Waals surface area contributed by atoms with Crippen LogP contribution in [0.3, 0.4) is 0 Å². The Balaban J connectivity index is 1.96. The molecule has 0 aromatic heterocycles. The Morgan fingerprint density at radius 1 is 1.27 bits per heavy atom. The average molecular weight is 303 g/mol. The first-order chi connectivity index (χ1) is 10.2. The normalized spacial score (nSPS) is 21.5. The van der Waals surface area contributed by atoms with Gasteiger partial charge in [-0.25, -0.2) is 0 Å². The highest BCUT2D eigenvalue weighted by Gasteiger charge is 2.39. The number of aliphatic hydroxyl groups excluding tert-OH is 1. The molecule has 1 aliphatic rings. The molecule has 1 unspecified atom stereocenters. The molecule has 3 nitrogen and oxygen atoms in total. The largest absolute Gasteiger partial charge is 0.491 e. The Bertz CT molecular complexity index is 534. The maximum Gasteiger partial charge on any atom is 0.119 e. The van der Waals surface area contributed by atoms with Crippen LogP contribution < -0.4 is 4.74 Å². The van der Waals surface area contributed by atoms with Gasteiger partial charge < -0.3 is 9.84 Å². The van der Waals surface area contributed by atoms with Gasteiger partial charge in [0.1, 0.15) is 18.5 Å². The summed E-state index contributed by atoms with van der Waals surface area (Å²) in [7, 11) is 0. The Morgan fingerprint density at radius 3 is 2.64 bits per heavy atom. The predicted molar refractivity (Wildman–Crippen MR) is 91.3 cm³/mol. The van der Waals surface area contributed by atoms with E-state index in [9.17, 15) is 5.11 Å². The molecule has 1 atom stereocenters. The molecule has 1 N–H and O–H groups in total. The smallest absolute Gasteiger partial charge is 0.119 e. The third-order valence-electron chi connectivity index (χ3n) is 4.39. The lowest BCUT2D eigenvalue weighted by Gasteiger charge is -2.50. The van der Waals surface area contributed by atoms with E-state index in [-0.39, 0.29) is 11.1 Å². The minimum Gasteiger partial charge on any atom is -0.491 e. The molecule has 2 rings (SSSR count). The van der Waals surface area contributed by atoms with Gasteiger partial charge in [0.2, 0.25) is 0 Å². The Hall–Kier alpha value is -1.32. The number of rotatable bonds is 5. The second kappa shape index (κ2) is 6.43. The van der Waals surface area contributed by atoms with Crippen molar-refractivity contribution in [1.29, 1.82) is 0 Å². The quantitative estimate of drug-likeness (QED) is 0.844. The summed E-state index contributed by atoms with van der Waals surface area (Å²) in [5.74, 6) is 0.816. The summed E-state index contributed by atoms with van der Waals surface area (Å²) in [4.78, 5) is 2.37. The van der Waals surface area contributed by atoms with Crippen LogP contribution in [0.15, 0.2) is 36.4 Å². The molecule has 22 heavy (non-hydrogen) atoms. The molecule has 1 aromatic rings. The zero-order valence-corrected chi connectivity index (χ0v) is 14.5. The van der Waals surface area contributed by atoms with Gasteiger partial charge in [-0.2, -0.15) is 0 Å². The summed E-state index contributed by atoms with van der Waals surface area (Å²) in [6, 6.07) is 7.93. The maximum absolute atomic E-state index is 10.4. The van der Waals surface area contributed by atoms with E-state index in [0.717, 1.165) is 17.7 Å². The van der Waals surface area contributed by atoms with E-state index in [1.165, 1.54) is 0 Å². The molecule has 0 bridgehead atoms. The van der Waals surface area contributed by atoms with Gasteiger partial charge in [-0.05, 0) is 58.7 Å². The van der Waals surface area contributed by atoms with Gasteiger partial charge in [0.25, 0.3) is 0 Å². The van der Waals surface area contributed by atoms with E-state index in [1.807, 2.05) is 31.2 Å². The zero-order valence-electron chi connectivity index (χ0n) is 14.5. The molecule has 0 fully saturated rings. The van der Waals surface area contributed by atoms with Gasteiger partial charge in [0, 0.05) is 17.6 Å². The van der Waals surface area contributed by atoms with Gasteiger partial charge in [-0.15, -0.1) is 0 Å². The van der Waals surface area contributed by atoms with Crippen molar-refractivity contribution in [2.45, 2.75) is 58.2 Å². The standard InChI is InChI=1S/C19H29NO2/c1-15-8-6-9-17(12-15)22-14-16(21)13-20-18(2,3)10-7-11-19(20,4)5/h6-10,12,16,21H,11,13-14H2,1-5H3. The molecule has 0 saturated carbocycles. The minimum absolute atomic E-state index is 0.0442. The van der Waals surface area contributed by atoms with Crippen molar-refractivity contribution in [3.05, 3.63) is 42.0 Å². The summed E-state index contributed by atoms with van der Waals surface area (Å²) in [6.07, 6.45) is 4.96. The second-order valence-electron chi connectivity index (χ2n) is 7.46. The third kappa shape index (κ3) is 4.11. The number of hydrogen-bond acceptors (Lipinski definition) is 3. The first kappa shape index (κ1) is 17.0. The lowest BCUT2D eigenvalue weighted by Crippen LogP contribution is -2.59. The van der Waals surface area contributed by atoms with Gasteiger partial charge in [0.05, 0.1) is 0 Å². The van der Waals surface area contributed by atoms with Crippen LogP contribution in [0.2, 0.25) is 0 Å². The Morgan fingerprint density at radius 2 is 2.00 bits per heavy atom. The van der Waals surface area contributed by atoms with Crippen LogP contribution in [0.25, 0.3) is 0 Å². The number of aryl methyl sites for hydroxylation is 1. The number of benzene rings is 1. The van der Waals surface area contributed by atoms with Gasteiger partial charge in [-0.3, -0.25) is 4.90 Å². The minimum atomic E-state index is -0.509. The van der Waals surface area contributed by atoms with Crippen molar-refractivity contribution in [1.82, 2.24) is 4.90 Å². The van der Waals surface area contributed by atoms with E-state index in [2.05, 4.69) is 44.7 Å². The van der Waals surface area contributed by atoms with E-state index in [1.54, 1.807) is 0 Å². The van der Waals surface area contributed by atoms with Crippen LogP contribution in [0, 0.1) is 6.92 Å². The van der Waals surface area contributed by atoms with E-state index >= 15 is 0 Å². The van der Waals surface area contributed by atoms with Gasteiger partial charge in [-0.1, -0.05) is 24.3 Å². The van der Waals surface area contributed by atoms with Crippen molar-refractivity contribution in [2.24, 2.45) is 0 Å². The molecule has 0 spiro atoms. The van der Waals surface area contributed by atoms with E-state index in [0.29, 0.717) is 13.2 Å². The summed E-state index contributed by atoms with van der Waals surface area (Å²) in [5.41, 5.74) is 1.16. The molecule has 0 aliphatic carbocycles. The third-order valence-corrected chi connectivity index (χ3v) is 4.39. The fraction of sp³-hybridized carbons (Fsp3) is 0.579. The van der Waals surface area contributed by atoms with Crippen molar-refractivity contribution >= 4 is 0 Å². The molecule has 0 radical (unpaired) electrons. The van der Waals surface area contributed by atoms with E-state index < -0.39 is 6.10 Å². The van der Waals surface area contributed by atoms with Crippen LogP contribution >= 0.6 is 0 Å². The van der Waals surface area contributed by atoms with Gasteiger partial charge in [0.15, 0.2) is 0 Å². The molecule has 3 heteroatoms. The molecule has 0 amide bonds. The first-order valence-electron chi connectivity index (χ1n) is 8.04. The molecular weight excluding hydrogens is 274 g/mol. The SMILES string of the molecule is Cc1cccc(OCC(O)CN2C(C)(C)C=CCC2(C)C)c1. The molecule has 1 aromatic carbocycles. The maximum atomic E-state index is 10.4. The summed E-state index contributed by atoms with van der Waals surface area (Å²) in [6.45, 7) is 11.8. The average Bonchev–Trinajstić information content (AvgIpc) is 2.40. The van der Waals surface area contributed by atoms with Crippen LogP contribution in [0.4, 0.5) is 0 Å². The fourth-order valence-electron chi connectivity index (χ4n) is 3.26. The fourth-order valence-corrected chi connectivity index (χ4v) is 3.26. The molecule has 0 saturated heterocycles.